The summed E-state index contributed by atoms with van der Waals surface area (Å²) in [7, 11) is 0. The molecule has 2 nitrogen and oxygen atoms in total. The van der Waals surface area contributed by atoms with E-state index in [2.05, 4.69) is 0 Å². The van der Waals surface area contributed by atoms with E-state index in [0.717, 1.165) is 24.7 Å². The minimum atomic E-state index is -0.111. The Hall–Kier alpha value is -0.530. The molecule has 2 rings (SSSR count). The van der Waals surface area contributed by atoms with Gasteiger partial charge in [0.2, 0.25) is 0 Å². The normalized spacial score (nSPS) is 39.6. The summed E-state index contributed by atoms with van der Waals surface area (Å²) in [6, 6.07) is 0. The van der Waals surface area contributed by atoms with Crippen molar-refractivity contribution in [1.29, 1.82) is 0 Å². The molecule has 0 aromatic carbocycles. The number of ether oxygens (including phenoxy) is 1. The van der Waals surface area contributed by atoms with Crippen molar-refractivity contribution in [3.63, 3.8) is 0 Å². The van der Waals surface area contributed by atoms with E-state index in [4.69, 9.17) is 4.74 Å². The number of carbonyl (C=O) groups excluding carboxylic acids is 1. The molecule has 0 aromatic rings. The maximum atomic E-state index is 10.7. The summed E-state index contributed by atoms with van der Waals surface area (Å²) in [4.78, 5) is 10.7. The number of esters is 1. The average molecular weight is 168 g/mol. The van der Waals surface area contributed by atoms with Crippen molar-refractivity contribution in [3.05, 3.63) is 0 Å². The van der Waals surface area contributed by atoms with Crippen molar-refractivity contribution in [3.8, 4) is 0 Å². The molecular weight excluding hydrogens is 152 g/mol. The Morgan fingerprint density at radius 1 is 1.25 bits per heavy atom. The van der Waals surface area contributed by atoms with Crippen molar-refractivity contribution in [2.75, 3.05) is 0 Å². The molecule has 68 valence electrons. The second-order valence-corrected chi connectivity index (χ2v) is 4.15. The monoisotopic (exact) mass is 168 g/mol. The molecule has 12 heavy (non-hydrogen) atoms. The fourth-order valence-electron chi connectivity index (χ4n) is 2.84. The molecule has 3 atom stereocenters. The Balaban J connectivity index is 1.86. The van der Waals surface area contributed by atoms with E-state index in [1.807, 2.05) is 0 Å². The van der Waals surface area contributed by atoms with Crippen LogP contribution in [0.2, 0.25) is 0 Å². The fourth-order valence-corrected chi connectivity index (χ4v) is 2.84. The predicted octanol–water partition coefficient (Wildman–Crippen LogP) is 2.13. The molecule has 0 bridgehead atoms. The van der Waals surface area contributed by atoms with Crippen LogP contribution in [0.3, 0.4) is 0 Å². The predicted molar refractivity (Wildman–Crippen MR) is 45.6 cm³/mol. The summed E-state index contributed by atoms with van der Waals surface area (Å²) in [6.45, 7) is 1.51. The van der Waals surface area contributed by atoms with Crippen LogP contribution in [0.5, 0.6) is 0 Å². The first-order chi connectivity index (χ1) is 5.75. The summed E-state index contributed by atoms with van der Waals surface area (Å²) in [6.07, 6.45) is 6.62. The van der Waals surface area contributed by atoms with Gasteiger partial charge in [-0.1, -0.05) is 19.3 Å². The van der Waals surface area contributed by atoms with Gasteiger partial charge in [-0.05, 0) is 24.7 Å². The van der Waals surface area contributed by atoms with Gasteiger partial charge in [-0.2, -0.15) is 0 Å². The first-order valence-corrected chi connectivity index (χ1v) is 4.93. The molecule has 2 saturated carbocycles. The van der Waals surface area contributed by atoms with Crippen molar-refractivity contribution in [1.82, 2.24) is 0 Å². The van der Waals surface area contributed by atoms with E-state index in [9.17, 15) is 4.79 Å². The number of fused-ring (bicyclic) bond motifs is 1. The molecule has 0 N–H and O–H groups in total. The van der Waals surface area contributed by atoms with Gasteiger partial charge in [-0.25, -0.2) is 0 Å². The Morgan fingerprint density at radius 3 is 2.33 bits per heavy atom. The summed E-state index contributed by atoms with van der Waals surface area (Å²) >= 11 is 0. The third kappa shape index (κ3) is 1.47. The van der Waals surface area contributed by atoms with Gasteiger partial charge in [0.15, 0.2) is 0 Å². The van der Waals surface area contributed by atoms with Gasteiger partial charge >= 0.3 is 5.97 Å². The van der Waals surface area contributed by atoms with Crippen LogP contribution >= 0.6 is 0 Å². The molecule has 0 aromatic heterocycles. The molecule has 0 radical (unpaired) electrons. The zero-order valence-electron chi connectivity index (χ0n) is 7.58. The molecule has 2 fully saturated rings. The minimum Gasteiger partial charge on any atom is -0.463 e. The van der Waals surface area contributed by atoms with Gasteiger partial charge in [0.05, 0.1) is 0 Å². The number of hydrogen-bond donors (Lipinski definition) is 0. The van der Waals surface area contributed by atoms with E-state index >= 15 is 0 Å². The number of carbonyl (C=O) groups is 1. The van der Waals surface area contributed by atoms with Gasteiger partial charge in [0, 0.05) is 6.92 Å². The molecule has 2 heteroatoms. The molecule has 0 aliphatic heterocycles. The van der Waals surface area contributed by atoms with Gasteiger partial charge in [0.1, 0.15) is 6.10 Å². The maximum Gasteiger partial charge on any atom is 0.302 e. The molecule has 2 aliphatic rings. The summed E-state index contributed by atoms with van der Waals surface area (Å²) in [5.41, 5.74) is 0. The zero-order chi connectivity index (χ0) is 8.55. The Labute approximate surface area is 73.3 Å². The first kappa shape index (κ1) is 8.09. The van der Waals surface area contributed by atoms with Crippen LogP contribution < -0.4 is 0 Å². The van der Waals surface area contributed by atoms with Crippen molar-refractivity contribution >= 4 is 5.97 Å². The highest BCUT2D eigenvalue weighted by Gasteiger charge is 2.38. The Kier molecular flexibility index (Phi) is 2.07. The van der Waals surface area contributed by atoms with Crippen LogP contribution in [0.15, 0.2) is 0 Å². The standard InChI is InChI=1S/C10H16O2/c1-7(11)12-10-5-8-3-2-4-9(8)6-10/h8-10H,2-6H2,1H3/t8-,9+,10?. The van der Waals surface area contributed by atoms with Crippen LogP contribution in [-0.2, 0) is 9.53 Å². The second-order valence-electron chi connectivity index (χ2n) is 4.15. The average Bonchev–Trinajstić information content (AvgIpc) is 2.43. The molecule has 0 heterocycles. The lowest BCUT2D eigenvalue weighted by Gasteiger charge is -2.10. The zero-order valence-corrected chi connectivity index (χ0v) is 7.58. The first-order valence-electron chi connectivity index (χ1n) is 4.93. The topological polar surface area (TPSA) is 26.3 Å². The molecule has 0 saturated heterocycles. The van der Waals surface area contributed by atoms with E-state index in [1.54, 1.807) is 0 Å². The highest BCUT2D eigenvalue weighted by atomic mass is 16.5. The second kappa shape index (κ2) is 3.08. The van der Waals surface area contributed by atoms with Crippen LogP contribution in [0.25, 0.3) is 0 Å². The van der Waals surface area contributed by atoms with E-state index in [1.165, 1.54) is 26.2 Å². The number of rotatable bonds is 1. The Morgan fingerprint density at radius 2 is 1.83 bits per heavy atom. The summed E-state index contributed by atoms with van der Waals surface area (Å²) in [5, 5.41) is 0. The van der Waals surface area contributed by atoms with Crippen molar-refractivity contribution in [2.24, 2.45) is 11.8 Å². The van der Waals surface area contributed by atoms with Gasteiger partial charge in [-0.3, -0.25) is 4.79 Å². The lowest BCUT2D eigenvalue weighted by Crippen LogP contribution is -2.12. The molecule has 1 unspecified atom stereocenters. The molecule has 0 spiro atoms. The highest BCUT2D eigenvalue weighted by Crippen LogP contribution is 2.44. The molecular formula is C10H16O2. The number of hydrogen-bond acceptors (Lipinski definition) is 2. The third-order valence-corrected chi connectivity index (χ3v) is 3.28. The van der Waals surface area contributed by atoms with Gasteiger partial charge < -0.3 is 4.74 Å². The maximum absolute atomic E-state index is 10.7. The third-order valence-electron chi connectivity index (χ3n) is 3.28. The quantitative estimate of drug-likeness (QED) is 0.561. The van der Waals surface area contributed by atoms with E-state index < -0.39 is 0 Å². The molecule has 2 aliphatic carbocycles. The van der Waals surface area contributed by atoms with Crippen LogP contribution in [0, 0.1) is 11.8 Å². The highest BCUT2D eigenvalue weighted by molar-refractivity contribution is 5.66. The van der Waals surface area contributed by atoms with Crippen LogP contribution in [0.1, 0.15) is 39.0 Å². The summed E-state index contributed by atoms with van der Waals surface area (Å²) in [5.74, 6) is 1.63. The lowest BCUT2D eigenvalue weighted by molar-refractivity contribution is -0.146. The lowest BCUT2D eigenvalue weighted by atomic mass is 10.0. The molecule has 0 amide bonds. The van der Waals surface area contributed by atoms with Crippen LogP contribution in [0.4, 0.5) is 0 Å². The van der Waals surface area contributed by atoms with Crippen molar-refractivity contribution < 1.29 is 9.53 Å². The largest absolute Gasteiger partial charge is 0.463 e. The fraction of sp³-hybridized carbons (Fsp3) is 0.900. The SMILES string of the molecule is CC(=O)OC1C[C@H]2CCC[C@H]2C1. The van der Waals surface area contributed by atoms with Gasteiger partial charge in [0.25, 0.3) is 0 Å². The Bertz CT molecular complexity index is 176. The van der Waals surface area contributed by atoms with Crippen molar-refractivity contribution in [2.45, 2.75) is 45.1 Å². The minimum absolute atomic E-state index is 0.111. The van der Waals surface area contributed by atoms with E-state index in [0.29, 0.717) is 0 Å². The van der Waals surface area contributed by atoms with Crippen LogP contribution in [-0.4, -0.2) is 12.1 Å². The van der Waals surface area contributed by atoms with Gasteiger partial charge in [-0.15, -0.1) is 0 Å². The smallest absolute Gasteiger partial charge is 0.302 e. The van der Waals surface area contributed by atoms with E-state index in [-0.39, 0.29) is 12.1 Å². The summed E-state index contributed by atoms with van der Waals surface area (Å²) < 4.78 is 5.21.